The lowest BCUT2D eigenvalue weighted by Gasteiger charge is -2.30. The van der Waals surface area contributed by atoms with Gasteiger partial charge in [0.2, 0.25) is 0 Å². The first-order valence-electron chi connectivity index (χ1n) is 11.8. The fourth-order valence-electron chi connectivity index (χ4n) is 5.46. The predicted molar refractivity (Wildman–Crippen MR) is 135 cm³/mol. The number of H-pyrrole nitrogens is 1. The lowest BCUT2D eigenvalue weighted by atomic mass is 9.93. The van der Waals surface area contributed by atoms with Gasteiger partial charge >= 0.3 is 0 Å². The van der Waals surface area contributed by atoms with Crippen molar-refractivity contribution in [2.45, 2.75) is 38.3 Å². The molecular formula is C27H25N5O2S. The van der Waals surface area contributed by atoms with E-state index in [0.717, 1.165) is 51.7 Å². The Kier molecular flexibility index (Phi) is 5.04. The van der Waals surface area contributed by atoms with Gasteiger partial charge in [0.05, 0.1) is 24.4 Å². The van der Waals surface area contributed by atoms with Gasteiger partial charge in [0.1, 0.15) is 22.8 Å². The van der Waals surface area contributed by atoms with Crippen molar-refractivity contribution in [3.8, 4) is 44.9 Å². The highest BCUT2D eigenvalue weighted by atomic mass is 32.1. The number of methoxy groups -OCH3 is 1. The van der Waals surface area contributed by atoms with Crippen LogP contribution in [0.15, 0.2) is 48.1 Å². The minimum atomic E-state index is -0.767. The fraction of sp³-hybridized carbons (Fsp3) is 0.296. The molecule has 8 heteroatoms. The van der Waals surface area contributed by atoms with E-state index in [0.29, 0.717) is 25.2 Å². The molecule has 7 nitrogen and oxygen atoms in total. The second-order valence-corrected chi connectivity index (χ2v) is 10.2. The summed E-state index contributed by atoms with van der Waals surface area (Å²) in [5.74, 6) is 1.44. The van der Waals surface area contributed by atoms with Crippen LogP contribution in [0.4, 0.5) is 0 Å². The third-order valence-electron chi connectivity index (χ3n) is 7.27. The van der Waals surface area contributed by atoms with Gasteiger partial charge in [0.25, 0.3) is 5.91 Å². The number of rotatable bonds is 4. The Morgan fingerprint density at radius 2 is 2.14 bits per heavy atom. The standard InChI is InChI=1S/C27H25N5O2S/c1-27(16-28)7-4-10-32(27)26(33)21-15-20(23-5-3-12-35-23)24-18-14-19(25-29-8-9-30-25)22(34-2)13-17(18)6-11-31(21)24/h3,5,8-9,12-15H,4,6-7,10-11H2,1-2H3,(H,29,30)/t27-/m1/s1. The van der Waals surface area contributed by atoms with E-state index >= 15 is 0 Å². The molecule has 1 amide bonds. The molecule has 1 atom stereocenters. The molecule has 35 heavy (non-hydrogen) atoms. The summed E-state index contributed by atoms with van der Waals surface area (Å²) in [6.07, 6.45) is 5.86. The van der Waals surface area contributed by atoms with Gasteiger partial charge in [-0.15, -0.1) is 11.3 Å². The van der Waals surface area contributed by atoms with E-state index in [1.165, 1.54) is 5.56 Å². The number of nitrogens with one attached hydrogen (secondary N) is 1. The second kappa shape index (κ2) is 8.14. The molecule has 2 aliphatic rings. The maximum Gasteiger partial charge on any atom is 0.271 e. The number of hydrogen-bond acceptors (Lipinski definition) is 5. The summed E-state index contributed by atoms with van der Waals surface area (Å²) in [5.41, 5.74) is 5.10. The zero-order chi connectivity index (χ0) is 24.2. The molecule has 0 aliphatic carbocycles. The van der Waals surface area contributed by atoms with Gasteiger partial charge in [0, 0.05) is 41.5 Å². The van der Waals surface area contributed by atoms with Crippen LogP contribution in [0.5, 0.6) is 5.75 Å². The van der Waals surface area contributed by atoms with Gasteiger partial charge in [-0.3, -0.25) is 4.79 Å². The van der Waals surface area contributed by atoms with E-state index in [4.69, 9.17) is 4.74 Å². The van der Waals surface area contributed by atoms with Crippen molar-refractivity contribution in [2.24, 2.45) is 0 Å². The van der Waals surface area contributed by atoms with Gasteiger partial charge < -0.3 is 19.2 Å². The number of aromatic nitrogens is 3. The number of thiophene rings is 1. The quantitative estimate of drug-likeness (QED) is 0.424. The largest absolute Gasteiger partial charge is 0.496 e. The highest BCUT2D eigenvalue weighted by Crippen LogP contribution is 2.45. The molecule has 0 bridgehead atoms. The maximum absolute atomic E-state index is 13.9. The molecule has 176 valence electrons. The number of hydrogen-bond donors (Lipinski definition) is 1. The Hall–Kier alpha value is -3.83. The van der Waals surface area contributed by atoms with Crippen molar-refractivity contribution in [3.05, 3.63) is 59.4 Å². The van der Waals surface area contributed by atoms with Crippen LogP contribution < -0.4 is 4.74 Å². The molecule has 0 spiro atoms. The third-order valence-corrected chi connectivity index (χ3v) is 8.17. The number of carbonyl (C=O) groups is 1. The van der Waals surface area contributed by atoms with Crippen LogP contribution in [-0.4, -0.2) is 44.5 Å². The van der Waals surface area contributed by atoms with Crippen LogP contribution in [-0.2, 0) is 13.0 Å². The first kappa shape index (κ1) is 21.7. The zero-order valence-corrected chi connectivity index (χ0v) is 20.5. The first-order valence-corrected chi connectivity index (χ1v) is 12.6. The highest BCUT2D eigenvalue weighted by Gasteiger charge is 2.42. The molecule has 0 radical (unpaired) electrons. The number of likely N-dealkylation sites (tertiary alicyclic amines) is 1. The van der Waals surface area contributed by atoms with E-state index < -0.39 is 5.54 Å². The number of imidazole rings is 1. The highest BCUT2D eigenvalue weighted by molar-refractivity contribution is 7.13. The Balaban J connectivity index is 1.56. The molecule has 2 aliphatic heterocycles. The van der Waals surface area contributed by atoms with E-state index in [1.54, 1.807) is 35.7 Å². The number of carbonyl (C=O) groups excluding carboxylic acids is 1. The van der Waals surface area contributed by atoms with Crippen LogP contribution in [0.25, 0.3) is 33.1 Å². The first-order chi connectivity index (χ1) is 17.0. The number of ether oxygens (including phenoxy) is 1. The third kappa shape index (κ3) is 3.30. The summed E-state index contributed by atoms with van der Waals surface area (Å²) in [7, 11) is 1.68. The van der Waals surface area contributed by atoms with Gasteiger partial charge in [0.15, 0.2) is 0 Å². The van der Waals surface area contributed by atoms with Crippen molar-refractivity contribution in [1.82, 2.24) is 19.4 Å². The minimum Gasteiger partial charge on any atom is -0.496 e. The van der Waals surface area contributed by atoms with E-state index in [2.05, 4.69) is 44.2 Å². The van der Waals surface area contributed by atoms with Gasteiger partial charge in [-0.25, -0.2) is 4.98 Å². The van der Waals surface area contributed by atoms with Crippen molar-refractivity contribution < 1.29 is 9.53 Å². The predicted octanol–water partition coefficient (Wildman–Crippen LogP) is 5.36. The lowest BCUT2D eigenvalue weighted by Crippen LogP contribution is -2.44. The smallest absolute Gasteiger partial charge is 0.271 e. The normalized spacial score (nSPS) is 18.7. The van der Waals surface area contributed by atoms with E-state index in [-0.39, 0.29) is 5.91 Å². The summed E-state index contributed by atoms with van der Waals surface area (Å²) in [4.78, 5) is 24.4. The molecular weight excluding hydrogens is 458 g/mol. The number of amides is 1. The zero-order valence-electron chi connectivity index (χ0n) is 19.7. The summed E-state index contributed by atoms with van der Waals surface area (Å²) in [6, 6.07) is 12.7. The average Bonchev–Trinajstić information content (AvgIpc) is 3.68. The fourth-order valence-corrected chi connectivity index (χ4v) is 6.20. The molecule has 0 saturated carbocycles. The van der Waals surface area contributed by atoms with Crippen molar-refractivity contribution >= 4 is 17.2 Å². The van der Waals surface area contributed by atoms with Gasteiger partial charge in [-0.2, -0.15) is 5.26 Å². The molecule has 1 saturated heterocycles. The van der Waals surface area contributed by atoms with Crippen molar-refractivity contribution in [1.29, 1.82) is 5.26 Å². The Morgan fingerprint density at radius 1 is 1.26 bits per heavy atom. The maximum atomic E-state index is 13.9. The summed E-state index contributed by atoms with van der Waals surface area (Å²) in [6.45, 7) is 3.17. The molecule has 3 aromatic heterocycles. The minimum absolute atomic E-state index is 0.0705. The van der Waals surface area contributed by atoms with Crippen molar-refractivity contribution in [2.75, 3.05) is 13.7 Å². The van der Waals surface area contributed by atoms with Crippen LogP contribution in [0.2, 0.25) is 0 Å². The number of nitrogens with zero attached hydrogens (tertiary/aromatic N) is 4. The summed E-state index contributed by atoms with van der Waals surface area (Å²) >= 11 is 1.66. The SMILES string of the molecule is COc1cc2c(cc1-c1ncc[nH]1)-c1c(-c3cccs3)cc(C(=O)N3CCC[C@]3(C)C#N)n1CC2. The molecule has 0 unspecified atom stereocenters. The number of aryl methyl sites for hydroxylation is 1. The molecule has 6 rings (SSSR count). The van der Waals surface area contributed by atoms with E-state index in [9.17, 15) is 10.1 Å². The Labute approximate surface area is 207 Å². The molecule has 1 fully saturated rings. The average molecular weight is 484 g/mol. The van der Waals surface area contributed by atoms with Crippen LogP contribution >= 0.6 is 11.3 Å². The number of fused-ring (bicyclic) bond motifs is 3. The van der Waals surface area contributed by atoms with Crippen molar-refractivity contribution in [3.63, 3.8) is 0 Å². The van der Waals surface area contributed by atoms with E-state index in [1.807, 2.05) is 19.1 Å². The Morgan fingerprint density at radius 3 is 2.86 bits per heavy atom. The Bertz CT molecular complexity index is 1460. The second-order valence-electron chi connectivity index (χ2n) is 9.26. The summed E-state index contributed by atoms with van der Waals surface area (Å²) < 4.78 is 7.86. The monoisotopic (exact) mass is 483 g/mol. The lowest BCUT2D eigenvalue weighted by molar-refractivity contribution is 0.0682. The molecule has 5 heterocycles. The molecule has 1 N–H and O–H groups in total. The van der Waals surface area contributed by atoms with Crippen LogP contribution in [0.3, 0.4) is 0 Å². The summed E-state index contributed by atoms with van der Waals surface area (Å²) in [5, 5.41) is 11.9. The molecule has 4 aromatic rings. The van der Waals surface area contributed by atoms with Crippen LogP contribution in [0, 0.1) is 11.3 Å². The van der Waals surface area contributed by atoms with Gasteiger partial charge in [-0.1, -0.05) is 6.07 Å². The number of nitriles is 1. The number of benzene rings is 1. The van der Waals surface area contributed by atoms with Gasteiger partial charge in [-0.05, 0) is 61.4 Å². The molecule has 1 aromatic carbocycles. The number of aromatic amines is 1. The van der Waals surface area contributed by atoms with Crippen LogP contribution in [0.1, 0.15) is 35.8 Å². The topological polar surface area (TPSA) is 86.9 Å².